The van der Waals surface area contributed by atoms with Gasteiger partial charge < -0.3 is 19.9 Å². The monoisotopic (exact) mass is 432 g/mol. The lowest BCUT2D eigenvalue weighted by molar-refractivity contribution is 0.0697. The van der Waals surface area contributed by atoms with Gasteiger partial charge in [-0.05, 0) is 67.5 Å². The summed E-state index contributed by atoms with van der Waals surface area (Å²) in [5, 5.41) is 13.7. The molecular formula is C24H24N4O2S. The zero-order valence-corrected chi connectivity index (χ0v) is 17.8. The first-order valence-electron chi connectivity index (χ1n) is 10.6. The van der Waals surface area contributed by atoms with Crippen molar-refractivity contribution in [2.24, 2.45) is 0 Å². The molecule has 31 heavy (non-hydrogen) atoms. The molecule has 3 heterocycles. The van der Waals surface area contributed by atoms with Crippen LogP contribution in [0, 0.1) is 0 Å². The van der Waals surface area contributed by atoms with Crippen LogP contribution in [0.1, 0.15) is 59.5 Å². The van der Waals surface area contributed by atoms with E-state index in [1.807, 2.05) is 42.7 Å². The second-order valence-corrected chi connectivity index (χ2v) is 8.52. The van der Waals surface area contributed by atoms with Crippen molar-refractivity contribution < 1.29 is 9.90 Å². The average Bonchev–Trinajstić information content (AvgIpc) is 3.53. The zero-order valence-electron chi connectivity index (χ0n) is 17.0. The molecule has 0 spiro atoms. The van der Waals surface area contributed by atoms with Crippen LogP contribution in [0.5, 0.6) is 0 Å². The molecular weight excluding hydrogens is 408 g/mol. The maximum atomic E-state index is 11.5. The second-order valence-electron chi connectivity index (χ2n) is 8.13. The van der Waals surface area contributed by atoms with Gasteiger partial charge in [0.15, 0.2) is 5.11 Å². The quantitative estimate of drug-likeness (QED) is 0.579. The van der Waals surface area contributed by atoms with E-state index in [1.54, 1.807) is 18.2 Å². The van der Waals surface area contributed by atoms with Gasteiger partial charge in [0.25, 0.3) is 0 Å². The summed E-state index contributed by atoms with van der Waals surface area (Å²) in [5.41, 5.74) is 3.11. The number of aromatic carboxylic acids is 1. The Kier molecular flexibility index (Phi) is 5.19. The molecule has 0 unspecified atom stereocenters. The fourth-order valence-electron chi connectivity index (χ4n) is 4.92. The Balaban J connectivity index is 1.62. The maximum Gasteiger partial charge on any atom is 0.335 e. The Morgan fingerprint density at radius 3 is 2.68 bits per heavy atom. The molecule has 7 heteroatoms. The number of thiocarbonyl (C=S) groups is 1. The fraction of sp³-hybridized carbons (Fsp3) is 0.292. The molecule has 2 N–H and O–H groups in total. The van der Waals surface area contributed by atoms with Gasteiger partial charge in [0.2, 0.25) is 0 Å². The van der Waals surface area contributed by atoms with E-state index in [0.717, 1.165) is 35.0 Å². The highest BCUT2D eigenvalue weighted by atomic mass is 32.1. The summed E-state index contributed by atoms with van der Waals surface area (Å²) in [4.78, 5) is 18.5. The Labute approximate surface area is 186 Å². The highest BCUT2D eigenvalue weighted by Crippen LogP contribution is 2.43. The standard InChI is InChI=1S/C24H24N4O2S/c29-23(30)16-7-5-10-18(15-16)27-14-6-12-20(27)22-21(19-11-3-4-13-25-19)26-24(31)28(22)17-8-1-2-9-17/h3-7,10-15,17,21-22H,1-2,8-9H2,(H,26,31)(H,29,30)/t21-,22+/m1/s1. The predicted molar refractivity (Wildman–Crippen MR) is 122 cm³/mol. The van der Waals surface area contributed by atoms with Crippen molar-refractivity contribution in [3.63, 3.8) is 0 Å². The summed E-state index contributed by atoms with van der Waals surface area (Å²) in [5.74, 6) is -0.932. The Morgan fingerprint density at radius 1 is 1.10 bits per heavy atom. The highest BCUT2D eigenvalue weighted by molar-refractivity contribution is 7.80. The third kappa shape index (κ3) is 3.59. The van der Waals surface area contributed by atoms with Crippen LogP contribution in [-0.4, -0.2) is 36.7 Å². The Hall–Kier alpha value is -3.19. The molecule has 1 aliphatic carbocycles. The van der Waals surface area contributed by atoms with E-state index in [2.05, 4.69) is 25.8 Å². The van der Waals surface area contributed by atoms with E-state index in [1.165, 1.54) is 12.8 Å². The van der Waals surface area contributed by atoms with Gasteiger partial charge in [0, 0.05) is 29.8 Å². The molecule has 2 fully saturated rings. The van der Waals surface area contributed by atoms with Crippen LogP contribution in [0.3, 0.4) is 0 Å². The number of carbonyl (C=O) groups is 1. The van der Waals surface area contributed by atoms with Crippen molar-refractivity contribution in [3.8, 4) is 5.69 Å². The van der Waals surface area contributed by atoms with E-state index < -0.39 is 5.97 Å². The molecule has 2 atom stereocenters. The van der Waals surface area contributed by atoms with Gasteiger partial charge in [-0.15, -0.1) is 0 Å². The van der Waals surface area contributed by atoms with E-state index in [9.17, 15) is 9.90 Å². The lowest BCUT2D eigenvalue weighted by Crippen LogP contribution is -2.38. The van der Waals surface area contributed by atoms with Gasteiger partial charge in [-0.3, -0.25) is 4.98 Å². The van der Waals surface area contributed by atoms with Gasteiger partial charge in [0.1, 0.15) is 0 Å². The summed E-state index contributed by atoms with van der Waals surface area (Å²) < 4.78 is 2.07. The normalized spacial score (nSPS) is 21.4. The number of nitrogens with zero attached hydrogens (tertiary/aromatic N) is 3. The predicted octanol–water partition coefficient (Wildman–Crippen LogP) is 4.49. The maximum absolute atomic E-state index is 11.5. The van der Waals surface area contributed by atoms with Crippen LogP contribution in [-0.2, 0) is 0 Å². The molecule has 1 saturated heterocycles. The Morgan fingerprint density at radius 2 is 1.94 bits per heavy atom. The summed E-state index contributed by atoms with van der Waals surface area (Å²) in [7, 11) is 0. The number of hydrogen-bond donors (Lipinski definition) is 2. The number of rotatable bonds is 5. The molecule has 2 aliphatic rings. The van der Waals surface area contributed by atoms with Crippen LogP contribution in [0.15, 0.2) is 67.0 Å². The average molecular weight is 433 g/mol. The molecule has 1 aromatic carbocycles. The lowest BCUT2D eigenvalue weighted by Gasteiger charge is -2.33. The molecule has 5 rings (SSSR count). The van der Waals surface area contributed by atoms with Crippen LogP contribution in [0.4, 0.5) is 0 Å². The van der Waals surface area contributed by atoms with Crippen molar-refractivity contribution >= 4 is 23.3 Å². The largest absolute Gasteiger partial charge is 0.478 e. The molecule has 1 aliphatic heterocycles. The fourth-order valence-corrected chi connectivity index (χ4v) is 5.31. The number of hydrogen-bond acceptors (Lipinski definition) is 3. The SMILES string of the molecule is O=C(O)c1cccc(-n2cccc2[C@H]2[C@@H](c3ccccn3)NC(=S)N2C2CCCC2)c1. The number of aromatic nitrogens is 2. The number of carboxylic acid groups (broad SMARTS) is 1. The first-order valence-corrected chi connectivity index (χ1v) is 11.0. The van der Waals surface area contributed by atoms with Gasteiger partial charge in [-0.25, -0.2) is 4.79 Å². The van der Waals surface area contributed by atoms with Crippen molar-refractivity contribution in [1.82, 2.24) is 19.8 Å². The van der Waals surface area contributed by atoms with Crippen LogP contribution in [0.2, 0.25) is 0 Å². The van der Waals surface area contributed by atoms with Gasteiger partial charge in [-0.1, -0.05) is 25.0 Å². The third-order valence-electron chi connectivity index (χ3n) is 6.31. The minimum Gasteiger partial charge on any atom is -0.478 e. The molecule has 0 amide bonds. The molecule has 3 aromatic rings. The first-order chi connectivity index (χ1) is 15.1. The van der Waals surface area contributed by atoms with Crippen LogP contribution < -0.4 is 5.32 Å². The van der Waals surface area contributed by atoms with Crippen molar-refractivity contribution in [1.29, 1.82) is 0 Å². The van der Waals surface area contributed by atoms with Crippen LogP contribution >= 0.6 is 12.2 Å². The third-order valence-corrected chi connectivity index (χ3v) is 6.64. The molecule has 0 radical (unpaired) electrons. The van der Waals surface area contributed by atoms with Gasteiger partial charge in [0.05, 0.1) is 23.3 Å². The zero-order chi connectivity index (χ0) is 21.4. The van der Waals surface area contributed by atoms with Gasteiger partial charge >= 0.3 is 5.97 Å². The van der Waals surface area contributed by atoms with Crippen molar-refractivity contribution in [2.75, 3.05) is 0 Å². The Bertz CT molecular complexity index is 1110. The summed E-state index contributed by atoms with van der Waals surface area (Å²) in [6.45, 7) is 0. The smallest absolute Gasteiger partial charge is 0.335 e. The van der Waals surface area contributed by atoms with Crippen molar-refractivity contribution in [2.45, 2.75) is 43.8 Å². The molecule has 0 bridgehead atoms. The van der Waals surface area contributed by atoms with E-state index in [-0.39, 0.29) is 17.6 Å². The molecule has 1 saturated carbocycles. The molecule has 158 valence electrons. The van der Waals surface area contributed by atoms with Gasteiger partial charge in [-0.2, -0.15) is 0 Å². The lowest BCUT2D eigenvalue weighted by atomic mass is 9.99. The van der Waals surface area contributed by atoms with E-state index in [4.69, 9.17) is 12.2 Å². The number of nitrogens with one attached hydrogen (secondary N) is 1. The number of carboxylic acids is 1. The minimum atomic E-state index is -0.932. The summed E-state index contributed by atoms with van der Waals surface area (Å²) in [6.07, 6.45) is 8.48. The number of benzene rings is 1. The summed E-state index contributed by atoms with van der Waals surface area (Å²) in [6, 6.07) is 17.4. The molecule has 2 aromatic heterocycles. The first kappa shape index (κ1) is 19.8. The summed E-state index contributed by atoms with van der Waals surface area (Å²) >= 11 is 5.82. The topological polar surface area (TPSA) is 70.4 Å². The molecule has 6 nitrogen and oxygen atoms in total. The van der Waals surface area contributed by atoms with E-state index in [0.29, 0.717) is 6.04 Å². The number of pyridine rings is 1. The highest BCUT2D eigenvalue weighted by Gasteiger charge is 2.44. The minimum absolute atomic E-state index is 0.0333. The van der Waals surface area contributed by atoms with Crippen LogP contribution in [0.25, 0.3) is 5.69 Å². The van der Waals surface area contributed by atoms with Crippen molar-refractivity contribution in [3.05, 3.63) is 83.9 Å². The second kappa shape index (κ2) is 8.15. The van der Waals surface area contributed by atoms with E-state index >= 15 is 0 Å².